The molecule has 4 aliphatic rings. The van der Waals surface area contributed by atoms with Crippen LogP contribution < -0.4 is 0 Å². The summed E-state index contributed by atoms with van der Waals surface area (Å²) in [5.74, 6) is 5.92. The molecule has 3 fully saturated rings. The summed E-state index contributed by atoms with van der Waals surface area (Å²) in [5.41, 5.74) is 2.88. The molecule has 4 unspecified atom stereocenters. The zero-order valence-corrected chi connectivity index (χ0v) is 20.9. The number of aliphatic hydroxyl groups is 1. The van der Waals surface area contributed by atoms with Crippen LogP contribution in [0.25, 0.3) is 0 Å². The summed E-state index contributed by atoms with van der Waals surface area (Å²) in [6.45, 7) is 15.1. The van der Waals surface area contributed by atoms with Gasteiger partial charge in [-0.25, -0.2) is 0 Å². The van der Waals surface area contributed by atoms with E-state index in [1.807, 2.05) is 5.57 Å². The molecule has 4 aliphatic carbocycles. The highest BCUT2D eigenvalue weighted by molar-refractivity contribution is 5.27. The Morgan fingerprint density at radius 3 is 2.37 bits per heavy atom. The molecule has 0 aromatic carbocycles. The monoisotopic (exact) mass is 414 g/mol. The van der Waals surface area contributed by atoms with E-state index in [-0.39, 0.29) is 6.10 Å². The maximum Gasteiger partial charge on any atom is 0.0543 e. The molecule has 9 atom stereocenters. The quantitative estimate of drug-likeness (QED) is 0.436. The molecule has 3 saturated carbocycles. The average Bonchev–Trinajstić information content (AvgIpc) is 3.06. The lowest BCUT2D eigenvalue weighted by Crippen LogP contribution is -2.49. The lowest BCUT2D eigenvalue weighted by molar-refractivity contribution is -0.0428. The van der Waals surface area contributed by atoms with Gasteiger partial charge in [0.15, 0.2) is 0 Å². The van der Waals surface area contributed by atoms with E-state index in [1.165, 1.54) is 57.8 Å². The van der Waals surface area contributed by atoms with Crippen LogP contribution in [0.1, 0.15) is 112 Å². The molecule has 1 nitrogen and oxygen atoms in total. The first-order chi connectivity index (χ1) is 14.2. The van der Waals surface area contributed by atoms with Gasteiger partial charge in [0.25, 0.3) is 0 Å². The molecule has 0 radical (unpaired) electrons. The molecule has 0 amide bonds. The second kappa shape index (κ2) is 8.57. The summed E-state index contributed by atoms with van der Waals surface area (Å²) in [5, 5.41) is 10.3. The molecule has 0 bridgehead atoms. The van der Waals surface area contributed by atoms with Crippen molar-refractivity contribution in [3.63, 3.8) is 0 Å². The average molecular weight is 415 g/mol. The minimum Gasteiger partial charge on any atom is -0.393 e. The van der Waals surface area contributed by atoms with Crippen LogP contribution in [0.3, 0.4) is 0 Å². The van der Waals surface area contributed by atoms with Gasteiger partial charge in [-0.15, -0.1) is 0 Å². The molecule has 1 heteroatoms. The van der Waals surface area contributed by atoms with Crippen LogP contribution in [-0.4, -0.2) is 11.2 Å². The summed E-state index contributed by atoms with van der Waals surface area (Å²) in [6, 6.07) is 0. The Balaban J connectivity index is 1.48. The van der Waals surface area contributed by atoms with Crippen molar-refractivity contribution in [2.75, 3.05) is 0 Å². The van der Waals surface area contributed by atoms with Crippen molar-refractivity contribution in [1.29, 1.82) is 0 Å². The van der Waals surface area contributed by atoms with Crippen molar-refractivity contribution in [3.05, 3.63) is 11.6 Å². The Labute approximate surface area is 187 Å². The van der Waals surface area contributed by atoms with Crippen LogP contribution in [0.2, 0.25) is 0 Å². The molecule has 172 valence electrons. The number of fused-ring (bicyclic) bond motifs is 5. The lowest BCUT2D eigenvalue weighted by atomic mass is 9.47. The van der Waals surface area contributed by atoms with Gasteiger partial charge in [-0.3, -0.25) is 0 Å². The standard InChI is InChI=1S/C29H50O/c1-7-21(19(2)3)9-8-20(4)25-12-13-26-24-11-10-22-18-23(30)14-16-28(22,5)27(24)15-17-29(25,26)6/h11,19-23,25-27,30H,7-10,12-18H2,1-6H3/t20-,21-,22?,23+,25?,26?,27?,28+,29-/m1/s1. The van der Waals surface area contributed by atoms with E-state index >= 15 is 0 Å². The van der Waals surface area contributed by atoms with Gasteiger partial charge < -0.3 is 5.11 Å². The van der Waals surface area contributed by atoms with E-state index in [0.717, 1.165) is 54.3 Å². The Bertz CT molecular complexity index is 634. The number of hydrogen-bond acceptors (Lipinski definition) is 1. The van der Waals surface area contributed by atoms with Gasteiger partial charge in [-0.2, -0.15) is 0 Å². The summed E-state index contributed by atoms with van der Waals surface area (Å²) in [6.07, 6.45) is 17.2. The highest BCUT2D eigenvalue weighted by Crippen LogP contribution is 2.67. The van der Waals surface area contributed by atoms with Crippen molar-refractivity contribution in [2.45, 2.75) is 118 Å². The maximum atomic E-state index is 10.3. The van der Waals surface area contributed by atoms with Gasteiger partial charge in [-0.05, 0) is 110 Å². The Morgan fingerprint density at radius 1 is 0.967 bits per heavy atom. The SMILES string of the molecule is CC[C@H](CC[C@@H](C)C1CCC2C3=CCC4C[C@@H](O)CC[C@]4(C)C3CC[C@@]21C)C(C)C. The van der Waals surface area contributed by atoms with E-state index in [9.17, 15) is 5.11 Å². The van der Waals surface area contributed by atoms with Crippen molar-refractivity contribution in [1.82, 2.24) is 0 Å². The van der Waals surface area contributed by atoms with Gasteiger partial charge >= 0.3 is 0 Å². The van der Waals surface area contributed by atoms with Crippen LogP contribution in [0.4, 0.5) is 0 Å². The molecular formula is C29H50O. The topological polar surface area (TPSA) is 20.2 Å². The molecule has 4 rings (SSSR count). The van der Waals surface area contributed by atoms with E-state index in [2.05, 4.69) is 47.6 Å². The summed E-state index contributed by atoms with van der Waals surface area (Å²) >= 11 is 0. The molecule has 0 saturated heterocycles. The largest absolute Gasteiger partial charge is 0.393 e. The zero-order valence-electron chi connectivity index (χ0n) is 20.9. The van der Waals surface area contributed by atoms with Gasteiger partial charge in [0.05, 0.1) is 6.10 Å². The molecule has 0 heterocycles. The normalized spacial score (nSPS) is 45.3. The van der Waals surface area contributed by atoms with Gasteiger partial charge in [0, 0.05) is 0 Å². The highest BCUT2D eigenvalue weighted by atomic mass is 16.3. The Hall–Kier alpha value is -0.300. The molecule has 1 N–H and O–H groups in total. The Kier molecular flexibility index (Phi) is 6.53. The summed E-state index contributed by atoms with van der Waals surface area (Å²) < 4.78 is 0. The second-order valence-electron chi connectivity index (χ2n) is 12.9. The first kappa shape index (κ1) is 22.9. The minimum atomic E-state index is -0.0404. The predicted octanol–water partition coefficient (Wildman–Crippen LogP) is 8.02. The fraction of sp³-hybridized carbons (Fsp3) is 0.931. The molecule has 0 aromatic heterocycles. The minimum absolute atomic E-state index is 0.0404. The van der Waals surface area contributed by atoms with E-state index < -0.39 is 0 Å². The van der Waals surface area contributed by atoms with Crippen LogP contribution in [0.15, 0.2) is 11.6 Å². The number of rotatable bonds is 6. The van der Waals surface area contributed by atoms with Crippen LogP contribution in [0.5, 0.6) is 0 Å². The maximum absolute atomic E-state index is 10.3. The van der Waals surface area contributed by atoms with Gasteiger partial charge in [0.2, 0.25) is 0 Å². The third kappa shape index (κ3) is 3.74. The molecular weight excluding hydrogens is 364 g/mol. The zero-order chi connectivity index (χ0) is 21.7. The third-order valence-corrected chi connectivity index (χ3v) is 11.3. The van der Waals surface area contributed by atoms with Crippen molar-refractivity contribution in [2.24, 2.45) is 52.3 Å². The van der Waals surface area contributed by atoms with Crippen LogP contribution >= 0.6 is 0 Å². The molecule has 0 aliphatic heterocycles. The first-order valence-electron chi connectivity index (χ1n) is 13.6. The van der Waals surface area contributed by atoms with Crippen molar-refractivity contribution < 1.29 is 5.11 Å². The second-order valence-corrected chi connectivity index (χ2v) is 12.9. The number of hydrogen-bond donors (Lipinski definition) is 1. The van der Waals surface area contributed by atoms with Crippen LogP contribution in [0, 0.1) is 52.3 Å². The van der Waals surface area contributed by atoms with E-state index in [0.29, 0.717) is 10.8 Å². The van der Waals surface area contributed by atoms with Crippen molar-refractivity contribution >= 4 is 0 Å². The highest BCUT2D eigenvalue weighted by Gasteiger charge is 2.58. The fourth-order valence-electron chi connectivity index (χ4n) is 9.15. The first-order valence-corrected chi connectivity index (χ1v) is 13.6. The third-order valence-electron chi connectivity index (χ3n) is 11.3. The van der Waals surface area contributed by atoms with Gasteiger partial charge in [0.1, 0.15) is 0 Å². The fourth-order valence-corrected chi connectivity index (χ4v) is 9.15. The molecule has 30 heavy (non-hydrogen) atoms. The smallest absolute Gasteiger partial charge is 0.0543 e. The Morgan fingerprint density at radius 2 is 1.67 bits per heavy atom. The number of allylic oxidation sites excluding steroid dienone is 2. The predicted molar refractivity (Wildman–Crippen MR) is 128 cm³/mol. The number of aliphatic hydroxyl groups excluding tert-OH is 1. The van der Waals surface area contributed by atoms with E-state index in [4.69, 9.17) is 0 Å². The summed E-state index contributed by atoms with van der Waals surface area (Å²) in [7, 11) is 0. The molecule has 0 spiro atoms. The van der Waals surface area contributed by atoms with Crippen LogP contribution in [-0.2, 0) is 0 Å². The van der Waals surface area contributed by atoms with E-state index in [1.54, 1.807) is 0 Å². The molecule has 0 aromatic rings. The van der Waals surface area contributed by atoms with Gasteiger partial charge in [-0.1, -0.05) is 66.0 Å². The van der Waals surface area contributed by atoms with Crippen molar-refractivity contribution in [3.8, 4) is 0 Å². The lowest BCUT2D eigenvalue weighted by Gasteiger charge is -2.57. The summed E-state index contributed by atoms with van der Waals surface area (Å²) in [4.78, 5) is 0.